The molecule has 1 amide bonds. The summed E-state index contributed by atoms with van der Waals surface area (Å²) in [7, 11) is 1.50. The molecule has 1 aliphatic heterocycles. The van der Waals surface area contributed by atoms with Gasteiger partial charge in [0.1, 0.15) is 18.4 Å². The first-order chi connectivity index (χ1) is 21.5. The molecule has 4 aromatic rings. The van der Waals surface area contributed by atoms with Gasteiger partial charge >= 0.3 is 6.09 Å². The largest absolute Gasteiger partial charge is 0.493 e. The third-order valence-corrected chi connectivity index (χ3v) is 8.52. The minimum Gasteiger partial charge on any atom is -0.493 e. The summed E-state index contributed by atoms with van der Waals surface area (Å²) >= 11 is 6.66. The molecule has 11 heteroatoms. The number of ether oxygens (including phenoxy) is 3. The summed E-state index contributed by atoms with van der Waals surface area (Å²) in [5.74, 6) is 1.15. The number of rotatable bonds is 8. The van der Waals surface area contributed by atoms with E-state index in [9.17, 15) is 10.1 Å². The van der Waals surface area contributed by atoms with Crippen LogP contribution in [0.2, 0.25) is 5.02 Å². The number of aromatic nitrogens is 2. The lowest BCUT2D eigenvalue weighted by Gasteiger charge is -2.49. The summed E-state index contributed by atoms with van der Waals surface area (Å²) in [6, 6.07) is 14.7. The van der Waals surface area contributed by atoms with Crippen molar-refractivity contribution in [3.05, 3.63) is 76.7 Å². The number of hydrogen-bond acceptors (Lipinski definition) is 9. The Morgan fingerprint density at radius 1 is 1.20 bits per heavy atom. The van der Waals surface area contributed by atoms with Gasteiger partial charge < -0.3 is 24.4 Å². The number of methoxy groups -OCH3 is 1. The minimum atomic E-state index is -0.455. The van der Waals surface area contributed by atoms with Crippen molar-refractivity contribution in [3.8, 4) is 23.3 Å². The van der Waals surface area contributed by atoms with Crippen LogP contribution < -0.4 is 19.5 Å². The molecule has 0 saturated carbocycles. The van der Waals surface area contributed by atoms with Crippen molar-refractivity contribution in [2.75, 3.05) is 32.1 Å². The predicted molar refractivity (Wildman–Crippen MR) is 175 cm³/mol. The fraction of sp³-hybridized carbons (Fsp3) is 0.353. The van der Waals surface area contributed by atoms with Gasteiger partial charge in [0.2, 0.25) is 0 Å². The molecule has 1 saturated heterocycles. The maximum absolute atomic E-state index is 13.4. The van der Waals surface area contributed by atoms with Crippen LogP contribution in [0.4, 0.5) is 16.2 Å². The van der Waals surface area contributed by atoms with Gasteiger partial charge in [-0.05, 0) is 64.1 Å². The van der Waals surface area contributed by atoms with Crippen LogP contribution in [0.5, 0.6) is 17.2 Å². The number of amides is 1. The van der Waals surface area contributed by atoms with Crippen LogP contribution in [0, 0.1) is 18.3 Å². The van der Waals surface area contributed by atoms with Crippen LogP contribution >= 0.6 is 11.6 Å². The Balaban J connectivity index is 1.40. The van der Waals surface area contributed by atoms with Crippen LogP contribution in [0.1, 0.15) is 44.5 Å². The van der Waals surface area contributed by atoms with Crippen molar-refractivity contribution in [1.82, 2.24) is 19.8 Å². The van der Waals surface area contributed by atoms with Crippen molar-refractivity contribution < 1.29 is 19.0 Å². The molecular formula is C34H37ClN6O4. The Bertz CT molecular complexity index is 1770. The normalized spacial score (nSPS) is 16.2. The second-order valence-electron chi connectivity index (χ2n) is 11.7. The molecule has 1 unspecified atom stereocenters. The molecular weight excluding hydrogens is 592 g/mol. The molecule has 0 bridgehead atoms. The van der Waals surface area contributed by atoms with Gasteiger partial charge in [-0.2, -0.15) is 5.26 Å². The highest BCUT2D eigenvalue weighted by atomic mass is 35.5. The number of benzene rings is 2. The molecule has 45 heavy (non-hydrogen) atoms. The number of pyridine rings is 2. The molecule has 1 atom stereocenters. The summed E-state index contributed by atoms with van der Waals surface area (Å²) in [4.78, 5) is 26.4. The molecule has 3 heterocycles. The molecule has 5 rings (SSSR count). The van der Waals surface area contributed by atoms with Crippen molar-refractivity contribution in [3.63, 3.8) is 0 Å². The number of nitrogens with zero attached hydrogens (tertiary/aromatic N) is 5. The van der Waals surface area contributed by atoms with E-state index in [0.717, 1.165) is 24.3 Å². The smallest absolute Gasteiger partial charge is 0.415 e. The number of anilines is 2. The van der Waals surface area contributed by atoms with Crippen LogP contribution in [0.15, 0.2) is 54.9 Å². The van der Waals surface area contributed by atoms with Crippen molar-refractivity contribution in [2.45, 2.75) is 52.8 Å². The van der Waals surface area contributed by atoms with E-state index < -0.39 is 6.09 Å². The number of aryl methyl sites for hydroxylation is 1. The second-order valence-corrected chi connectivity index (χ2v) is 12.1. The first-order valence-corrected chi connectivity index (χ1v) is 15.2. The Labute approximate surface area is 268 Å². The summed E-state index contributed by atoms with van der Waals surface area (Å²) in [5, 5.41) is 14.2. The molecule has 1 fully saturated rings. The first-order valence-electron chi connectivity index (χ1n) is 14.8. The fourth-order valence-corrected chi connectivity index (χ4v) is 5.81. The number of nitrogens with one attached hydrogen (secondary N) is 1. The maximum atomic E-state index is 13.4. The number of piperazine rings is 1. The first kappa shape index (κ1) is 31.8. The third kappa shape index (κ3) is 6.75. The average Bonchev–Trinajstić information content (AvgIpc) is 3.02. The average molecular weight is 629 g/mol. The van der Waals surface area contributed by atoms with E-state index in [1.54, 1.807) is 41.4 Å². The van der Waals surface area contributed by atoms with Crippen molar-refractivity contribution in [1.29, 1.82) is 5.26 Å². The lowest BCUT2D eigenvalue weighted by molar-refractivity contribution is 0.000951. The van der Waals surface area contributed by atoms with Crippen molar-refractivity contribution in [2.24, 2.45) is 0 Å². The van der Waals surface area contributed by atoms with E-state index in [1.165, 1.54) is 13.3 Å². The van der Waals surface area contributed by atoms with E-state index in [1.807, 2.05) is 26.0 Å². The van der Waals surface area contributed by atoms with Crippen molar-refractivity contribution >= 4 is 40.0 Å². The Morgan fingerprint density at radius 2 is 2.00 bits per heavy atom. The SMILES string of the molecule is CCN1CC(C)N(C(=O)Oc2cc3ncc(C#N)c(Nc4ccc(OCc5ncccc5C)cc4Cl)c3cc2OC)CC1(C)C. The molecule has 10 nitrogen and oxygen atoms in total. The summed E-state index contributed by atoms with van der Waals surface area (Å²) in [6.07, 6.45) is 2.75. The van der Waals surface area contributed by atoms with E-state index in [0.29, 0.717) is 57.5 Å². The number of nitriles is 1. The molecule has 0 spiro atoms. The Hall–Kier alpha value is -4.59. The zero-order chi connectivity index (χ0) is 32.3. The summed E-state index contributed by atoms with van der Waals surface area (Å²) in [6.45, 7) is 12.9. The van der Waals surface area contributed by atoms with Gasteiger partial charge in [0.25, 0.3) is 0 Å². The zero-order valence-electron chi connectivity index (χ0n) is 26.3. The van der Waals surface area contributed by atoms with Gasteiger partial charge in [0.15, 0.2) is 11.5 Å². The molecule has 2 aromatic carbocycles. The van der Waals surface area contributed by atoms with Crippen LogP contribution in [0.25, 0.3) is 10.9 Å². The highest BCUT2D eigenvalue weighted by Gasteiger charge is 2.39. The standard InChI is InChI=1S/C34H37ClN6O4/c1-7-40-18-22(3)41(20-34(40,4)5)33(42)45-31-15-28-25(14-30(31)43-6)32(23(16-36)17-38-28)39-27-11-10-24(13-26(27)35)44-19-29-21(2)9-8-12-37-29/h8-15,17,22H,7,18-20H2,1-6H3,(H,38,39). The summed E-state index contributed by atoms with van der Waals surface area (Å²) in [5.41, 5.74) is 3.56. The lowest BCUT2D eigenvalue weighted by Crippen LogP contribution is -2.64. The molecule has 1 aliphatic rings. The summed E-state index contributed by atoms with van der Waals surface area (Å²) < 4.78 is 17.5. The van der Waals surface area contributed by atoms with E-state index in [2.05, 4.69) is 47.0 Å². The number of halogens is 1. The number of hydrogen-bond donors (Lipinski definition) is 1. The van der Waals surface area contributed by atoms with Gasteiger partial charge in [-0.25, -0.2) is 4.79 Å². The highest BCUT2D eigenvalue weighted by molar-refractivity contribution is 6.33. The topological polar surface area (TPSA) is 113 Å². The monoisotopic (exact) mass is 628 g/mol. The predicted octanol–water partition coefficient (Wildman–Crippen LogP) is 7.10. The molecule has 0 aliphatic carbocycles. The second kappa shape index (κ2) is 13.2. The van der Waals surface area contributed by atoms with E-state index in [-0.39, 0.29) is 17.3 Å². The van der Waals surface area contributed by atoms with Gasteiger partial charge in [-0.15, -0.1) is 0 Å². The third-order valence-electron chi connectivity index (χ3n) is 8.21. The number of carbonyl (C=O) groups is 1. The van der Waals surface area contributed by atoms with Crippen LogP contribution in [-0.4, -0.2) is 64.2 Å². The van der Waals surface area contributed by atoms with Gasteiger partial charge in [0, 0.05) is 54.6 Å². The van der Waals surface area contributed by atoms with Gasteiger partial charge in [-0.3, -0.25) is 14.9 Å². The van der Waals surface area contributed by atoms with Crippen LogP contribution in [0.3, 0.4) is 0 Å². The molecule has 1 N–H and O–H groups in total. The van der Waals surface area contributed by atoms with Gasteiger partial charge in [0.05, 0.1) is 40.3 Å². The molecule has 234 valence electrons. The maximum Gasteiger partial charge on any atom is 0.415 e. The molecule has 2 aromatic heterocycles. The quantitative estimate of drug-likeness (QED) is 0.218. The Morgan fingerprint density at radius 3 is 2.69 bits per heavy atom. The number of likely N-dealkylation sites (N-methyl/N-ethyl adjacent to an activating group) is 1. The number of fused-ring (bicyclic) bond motifs is 1. The van der Waals surface area contributed by atoms with E-state index >= 15 is 0 Å². The number of carbonyl (C=O) groups excluding carboxylic acids is 1. The zero-order valence-corrected chi connectivity index (χ0v) is 27.1. The van der Waals surface area contributed by atoms with Gasteiger partial charge in [-0.1, -0.05) is 24.6 Å². The highest BCUT2D eigenvalue weighted by Crippen LogP contribution is 2.39. The van der Waals surface area contributed by atoms with Crippen LogP contribution in [-0.2, 0) is 6.61 Å². The lowest BCUT2D eigenvalue weighted by atomic mass is 9.96. The minimum absolute atomic E-state index is 0.0234. The fourth-order valence-electron chi connectivity index (χ4n) is 5.59. The Kier molecular flexibility index (Phi) is 9.32. The van der Waals surface area contributed by atoms with E-state index in [4.69, 9.17) is 25.8 Å². The molecule has 0 radical (unpaired) electrons.